The van der Waals surface area contributed by atoms with Crippen LogP contribution in [0.3, 0.4) is 0 Å². The van der Waals surface area contributed by atoms with Gasteiger partial charge in [-0.15, -0.1) is 0 Å². The number of rotatable bonds is 6. The molecule has 2 heterocycles. The summed E-state index contributed by atoms with van der Waals surface area (Å²) in [4.78, 5) is 5.80. The van der Waals surface area contributed by atoms with Crippen LogP contribution in [0.4, 0.5) is 20.4 Å². The number of nitrogens with zero attached hydrogens (tertiary/aromatic N) is 2. The molecule has 7 heteroatoms. The van der Waals surface area contributed by atoms with E-state index in [1.807, 2.05) is 6.92 Å². The van der Waals surface area contributed by atoms with Crippen LogP contribution in [0.1, 0.15) is 13.3 Å². The van der Waals surface area contributed by atoms with Gasteiger partial charge in [-0.2, -0.15) is 0 Å². The molecule has 1 aliphatic heterocycles. The molecule has 2 rings (SSSR count). The number of nitrogens with one attached hydrogen (secondary N) is 1. The van der Waals surface area contributed by atoms with Crippen molar-refractivity contribution in [1.82, 2.24) is 4.98 Å². The zero-order valence-corrected chi connectivity index (χ0v) is 12.5. The minimum absolute atomic E-state index is 0.0723. The summed E-state index contributed by atoms with van der Waals surface area (Å²) >= 11 is 0. The Morgan fingerprint density at radius 2 is 1.86 bits per heavy atom. The van der Waals surface area contributed by atoms with Crippen molar-refractivity contribution in [2.24, 2.45) is 0 Å². The molecule has 0 amide bonds. The summed E-state index contributed by atoms with van der Waals surface area (Å²) < 4.78 is 38.3. The van der Waals surface area contributed by atoms with E-state index in [0.717, 1.165) is 12.5 Å². The first-order valence-electron chi connectivity index (χ1n) is 7.01. The Labute approximate surface area is 123 Å². The van der Waals surface area contributed by atoms with Crippen LogP contribution in [0.15, 0.2) is 6.07 Å². The van der Waals surface area contributed by atoms with E-state index in [9.17, 15) is 8.78 Å². The van der Waals surface area contributed by atoms with E-state index in [0.29, 0.717) is 19.6 Å². The molecular weight excluding hydrogens is 280 g/mol. The molecule has 1 aromatic heterocycles. The number of aromatic nitrogens is 1. The summed E-state index contributed by atoms with van der Waals surface area (Å²) in [5, 5.41) is 2.86. The van der Waals surface area contributed by atoms with Crippen molar-refractivity contribution in [3.8, 4) is 0 Å². The summed E-state index contributed by atoms with van der Waals surface area (Å²) in [6.07, 6.45) is 0.510. The lowest BCUT2D eigenvalue weighted by molar-refractivity contribution is -0.00461. The van der Waals surface area contributed by atoms with E-state index in [4.69, 9.17) is 9.47 Å². The summed E-state index contributed by atoms with van der Waals surface area (Å²) in [7, 11) is 3.17. The SMILES string of the molecule is CCCNc1nc(N2CC(OC)C(OC)C2)c(F)cc1F. The molecule has 1 fully saturated rings. The van der Waals surface area contributed by atoms with Gasteiger partial charge >= 0.3 is 0 Å². The predicted octanol–water partition coefficient (Wildman–Crippen LogP) is 2.03. The van der Waals surface area contributed by atoms with Gasteiger partial charge in [0.15, 0.2) is 23.3 Å². The fraction of sp³-hybridized carbons (Fsp3) is 0.643. The maximum absolute atomic E-state index is 14.0. The molecule has 1 saturated heterocycles. The average molecular weight is 301 g/mol. The topological polar surface area (TPSA) is 46.6 Å². The van der Waals surface area contributed by atoms with Crippen molar-refractivity contribution in [3.05, 3.63) is 17.7 Å². The van der Waals surface area contributed by atoms with Crippen molar-refractivity contribution in [2.75, 3.05) is 44.1 Å². The Hall–Kier alpha value is -1.47. The standard InChI is InChI=1S/C14H21F2N3O2/c1-4-5-17-13-9(15)6-10(16)14(18-13)19-7-11(20-2)12(8-19)21-3/h6,11-12H,4-5,7-8H2,1-3H3,(H,17,18). The maximum Gasteiger partial charge on any atom is 0.168 e. The van der Waals surface area contributed by atoms with Crippen molar-refractivity contribution in [1.29, 1.82) is 0 Å². The molecule has 0 aliphatic carbocycles. The normalized spacial score (nSPS) is 21.9. The van der Waals surface area contributed by atoms with Crippen LogP contribution in [0.5, 0.6) is 0 Å². The van der Waals surface area contributed by atoms with Gasteiger partial charge in [-0.1, -0.05) is 6.92 Å². The Morgan fingerprint density at radius 1 is 1.24 bits per heavy atom. The van der Waals surface area contributed by atoms with E-state index >= 15 is 0 Å². The zero-order chi connectivity index (χ0) is 15.4. The van der Waals surface area contributed by atoms with Gasteiger partial charge in [0.25, 0.3) is 0 Å². The predicted molar refractivity (Wildman–Crippen MR) is 76.7 cm³/mol. The van der Waals surface area contributed by atoms with Crippen LogP contribution in [0.25, 0.3) is 0 Å². The highest BCUT2D eigenvalue weighted by atomic mass is 19.1. The third-order valence-corrected chi connectivity index (χ3v) is 3.57. The summed E-state index contributed by atoms with van der Waals surface area (Å²) in [6, 6.07) is 0.863. The van der Waals surface area contributed by atoms with Gasteiger partial charge in [-0.05, 0) is 6.42 Å². The van der Waals surface area contributed by atoms with Crippen LogP contribution in [0, 0.1) is 11.6 Å². The number of anilines is 2. The highest BCUT2D eigenvalue weighted by Gasteiger charge is 2.35. The Kier molecular flexibility index (Phi) is 5.30. The number of hydrogen-bond donors (Lipinski definition) is 1. The minimum atomic E-state index is -0.685. The van der Waals surface area contributed by atoms with Gasteiger partial charge in [0, 0.05) is 39.9 Å². The van der Waals surface area contributed by atoms with Gasteiger partial charge in [0.1, 0.15) is 12.2 Å². The van der Waals surface area contributed by atoms with Gasteiger partial charge in [-0.3, -0.25) is 0 Å². The lowest BCUT2D eigenvalue weighted by atomic mass is 10.3. The molecule has 0 saturated carbocycles. The van der Waals surface area contributed by atoms with Gasteiger partial charge in [-0.25, -0.2) is 13.8 Å². The monoisotopic (exact) mass is 301 g/mol. The van der Waals surface area contributed by atoms with Crippen LogP contribution in [-0.2, 0) is 9.47 Å². The second kappa shape index (κ2) is 7.00. The first-order valence-corrected chi connectivity index (χ1v) is 7.01. The van der Waals surface area contributed by atoms with Crippen LogP contribution < -0.4 is 10.2 Å². The fourth-order valence-electron chi connectivity index (χ4n) is 2.42. The molecular formula is C14H21F2N3O2. The second-order valence-electron chi connectivity index (χ2n) is 5.00. The first-order chi connectivity index (χ1) is 10.1. The number of halogens is 2. The molecule has 1 aliphatic rings. The third-order valence-electron chi connectivity index (χ3n) is 3.57. The lowest BCUT2D eigenvalue weighted by Crippen LogP contribution is -2.27. The zero-order valence-electron chi connectivity index (χ0n) is 12.5. The molecule has 1 aromatic rings. The fourth-order valence-corrected chi connectivity index (χ4v) is 2.42. The smallest absolute Gasteiger partial charge is 0.168 e. The Morgan fingerprint density at radius 3 is 2.38 bits per heavy atom. The minimum Gasteiger partial charge on any atom is -0.377 e. The molecule has 118 valence electrons. The Bertz CT molecular complexity index is 476. The number of methoxy groups -OCH3 is 2. The molecule has 21 heavy (non-hydrogen) atoms. The molecule has 1 N–H and O–H groups in total. The number of pyridine rings is 1. The van der Waals surface area contributed by atoms with Crippen molar-refractivity contribution in [2.45, 2.75) is 25.6 Å². The van der Waals surface area contributed by atoms with Crippen molar-refractivity contribution < 1.29 is 18.3 Å². The maximum atomic E-state index is 14.0. The lowest BCUT2D eigenvalue weighted by Gasteiger charge is -2.19. The van der Waals surface area contributed by atoms with Gasteiger partial charge < -0.3 is 19.7 Å². The first kappa shape index (κ1) is 15.9. The van der Waals surface area contributed by atoms with Crippen molar-refractivity contribution in [3.63, 3.8) is 0 Å². The number of ether oxygens (including phenoxy) is 2. The van der Waals surface area contributed by atoms with Crippen LogP contribution >= 0.6 is 0 Å². The molecule has 0 bridgehead atoms. The number of hydrogen-bond acceptors (Lipinski definition) is 5. The van der Waals surface area contributed by atoms with Gasteiger partial charge in [0.05, 0.1) is 0 Å². The highest BCUT2D eigenvalue weighted by Crippen LogP contribution is 2.27. The highest BCUT2D eigenvalue weighted by molar-refractivity contribution is 5.50. The van der Waals surface area contributed by atoms with Crippen molar-refractivity contribution >= 4 is 11.6 Å². The molecule has 2 unspecified atom stereocenters. The van der Waals surface area contributed by atoms with Crippen LogP contribution in [0.2, 0.25) is 0 Å². The van der Waals surface area contributed by atoms with Gasteiger partial charge in [0.2, 0.25) is 0 Å². The van der Waals surface area contributed by atoms with E-state index in [-0.39, 0.29) is 23.8 Å². The molecule has 0 radical (unpaired) electrons. The van der Waals surface area contributed by atoms with E-state index in [2.05, 4.69) is 10.3 Å². The van der Waals surface area contributed by atoms with E-state index in [1.165, 1.54) is 0 Å². The second-order valence-corrected chi connectivity index (χ2v) is 5.00. The Balaban J connectivity index is 2.23. The molecule has 5 nitrogen and oxygen atoms in total. The quantitative estimate of drug-likeness (QED) is 0.871. The van der Waals surface area contributed by atoms with E-state index < -0.39 is 11.6 Å². The third kappa shape index (κ3) is 3.41. The largest absolute Gasteiger partial charge is 0.377 e. The molecule has 0 spiro atoms. The van der Waals surface area contributed by atoms with Crippen LogP contribution in [-0.4, -0.2) is 51.0 Å². The summed E-state index contributed by atoms with van der Waals surface area (Å²) in [5.41, 5.74) is 0. The summed E-state index contributed by atoms with van der Waals surface area (Å²) in [5.74, 6) is -1.17. The average Bonchev–Trinajstić information content (AvgIpc) is 2.89. The molecule has 2 atom stereocenters. The summed E-state index contributed by atoms with van der Waals surface area (Å²) in [6.45, 7) is 3.45. The molecule has 0 aromatic carbocycles. The van der Waals surface area contributed by atoms with E-state index in [1.54, 1.807) is 19.1 Å².